The molecular formula is C16H28CdO3S. The van der Waals surface area contributed by atoms with Crippen LogP contribution >= 0.6 is 0 Å². The van der Waals surface area contributed by atoms with Crippen LogP contribution in [0.2, 0.25) is 0 Å². The van der Waals surface area contributed by atoms with Crippen LogP contribution in [-0.4, -0.2) is 11.1 Å². The van der Waals surface area contributed by atoms with Gasteiger partial charge in [-0.15, -0.1) is 0 Å². The molecule has 0 N–H and O–H groups in total. The van der Waals surface area contributed by atoms with Gasteiger partial charge in [0, 0.05) is 17.0 Å². The average molecular weight is 413 g/mol. The number of rotatable bonds is 14. The van der Waals surface area contributed by atoms with Gasteiger partial charge in [-0.2, -0.15) is 0 Å². The molecule has 0 heterocycles. The third kappa shape index (κ3) is 16.5. The minimum atomic E-state index is -1.18. The predicted molar refractivity (Wildman–Crippen MR) is 81.9 cm³/mol. The molecule has 0 aromatic heterocycles. The number of carboxylic acids is 1. The molecule has 0 amide bonds. The molecule has 1 unspecified atom stereocenters. The van der Waals surface area contributed by atoms with Crippen molar-refractivity contribution in [2.24, 2.45) is 5.92 Å². The summed E-state index contributed by atoms with van der Waals surface area (Å²) in [6.45, 7) is 2.22. The zero-order chi connectivity index (χ0) is 15.2. The van der Waals surface area contributed by atoms with E-state index in [4.69, 9.17) is 0 Å². The summed E-state index contributed by atoms with van der Waals surface area (Å²) >= 11 is 4.56. The maximum atomic E-state index is 11.1. The molecule has 0 bridgehead atoms. The predicted octanol–water partition coefficient (Wildman–Crippen LogP) is 3.12. The van der Waals surface area contributed by atoms with Crippen LogP contribution in [-0.2, 0) is 49.5 Å². The Bertz CT molecular complexity index is 272. The van der Waals surface area contributed by atoms with E-state index in [2.05, 4.69) is 19.6 Å². The maximum Gasteiger partial charge on any atom is 2.00 e. The van der Waals surface area contributed by atoms with Gasteiger partial charge in [0.05, 0.1) is 0 Å². The Hall–Kier alpha value is 0.282. The first-order valence-corrected chi connectivity index (χ1v) is 8.39. The Labute approximate surface area is 155 Å². The van der Waals surface area contributed by atoms with Crippen molar-refractivity contribution in [3.8, 4) is 0 Å². The number of carbonyl (C=O) groups is 2. The Balaban J connectivity index is 0. The monoisotopic (exact) mass is 414 g/mol. The van der Waals surface area contributed by atoms with Crippen LogP contribution in [0.3, 0.4) is 0 Å². The summed E-state index contributed by atoms with van der Waals surface area (Å²) in [5, 5.41) is 10.0. The van der Waals surface area contributed by atoms with Crippen molar-refractivity contribution >= 4 is 23.7 Å². The molecule has 0 fully saturated rings. The summed E-state index contributed by atoms with van der Waals surface area (Å²) in [6, 6.07) is 0. The van der Waals surface area contributed by atoms with Gasteiger partial charge in [0.2, 0.25) is 0 Å². The molecular weight excluding hydrogens is 385 g/mol. The summed E-state index contributed by atoms with van der Waals surface area (Å²) in [7, 11) is 0. The van der Waals surface area contributed by atoms with Gasteiger partial charge in [-0.3, -0.25) is 0 Å². The van der Waals surface area contributed by atoms with Gasteiger partial charge >= 0.3 is 27.3 Å². The van der Waals surface area contributed by atoms with Gasteiger partial charge in [0.1, 0.15) is 0 Å². The van der Waals surface area contributed by atoms with Crippen LogP contribution in [0.1, 0.15) is 84.0 Å². The Morgan fingerprint density at radius 2 is 1.33 bits per heavy atom. The minimum absolute atomic E-state index is 0. The van der Waals surface area contributed by atoms with E-state index in [1.165, 1.54) is 44.9 Å². The molecule has 118 valence electrons. The van der Waals surface area contributed by atoms with E-state index < -0.39 is 17.0 Å². The molecule has 0 aromatic rings. The third-order valence-electron chi connectivity index (χ3n) is 3.65. The maximum absolute atomic E-state index is 11.1. The molecule has 0 aliphatic carbocycles. The van der Waals surface area contributed by atoms with E-state index in [0.717, 1.165) is 19.3 Å². The van der Waals surface area contributed by atoms with Gasteiger partial charge in [0.15, 0.2) is 0 Å². The molecule has 0 aliphatic heterocycles. The minimum Gasteiger partial charge on any atom is -0.742 e. The van der Waals surface area contributed by atoms with Gasteiger partial charge < -0.3 is 27.3 Å². The van der Waals surface area contributed by atoms with E-state index >= 15 is 0 Å². The number of unbranched alkanes of at least 4 members (excludes halogenated alkanes) is 9. The fraction of sp³-hybridized carbons (Fsp3) is 0.875. The summed E-state index contributed by atoms with van der Waals surface area (Å²) in [6.07, 6.45) is 12.6. The number of hydrogen-bond acceptors (Lipinski definition) is 4. The molecule has 21 heavy (non-hydrogen) atoms. The van der Waals surface area contributed by atoms with Crippen molar-refractivity contribution in [2.45, 2.75) is 84.0 Å². The van der Waals surface area contributed by atoms with Crippen molar-refractivity contribution in [1.29, 1.82) is 0 Å². The molecule has 1 atom stereocenters. The first-order chi connectivity index (χ1) is 9.57. The number of aliphatic carboxylic acids is 1. The zero-order valence-corrected chi connectivity index (χ0v) is 18.3. The Morgan fingerprint density at radius 3 is 1.71 bits per heavy atom. The van der Waals surface area contributed by atoms with E-state index in [-0.39, 0.29) is 33.7 Å². The van der Waals surface area contributed by atoms with Gasteiger partial charge in [-0.1, -0.05) is 71.1 Å². The zero-order valence-electron chi connectivity index (χ0n) is 13.4. The van der Waals surface area contributed by atoms with Crippen LogP contribution in [0.25, 0.3) is 0 Å². The van der Waals surface area contributed by atoms with Gasteiger partial charge in [-0.05, 0) is 12.8 Å². The summed E-state index contributed by atoms with van der Waals surface area (Å²) in [5.74, 6) is -1.70. The van der Waals surface area contributed by atoms with E-state index in [9.17, 15) is 14.7 Å². The van der Waals surface area contributed by atoms with Gasteiger partial charge in [-0.25, -0.2) is 0 Å². The average Bonchev–Trinajstić information content (AvgIpc) is 2.39. The van der Waals surface area contributed by atoms with Crippen molar-refractivity contribution in [1.82, 2.24) is 0 Å². The molecule has 0 rings (SSSR count). The quantitative estimate of drug-likeness (QED) is 0.250. The van der Waals surface area contributed by atoms with E-state index in [1.807, 2.05) is 0 Å². The van der Waals surface area contributed by atoms with Crippen molar-refractivity contribution in [3.63, 3.8) is 0 Å². The van der Waals surface area contributed by atoms with Gasteiger partial charge in [0.25, 0.3) is 0 Å². The number of hydrogen-bond donors (Lipinski definition) is 0. The van der Waals surface area contributed by atoms with Crippen molar-refractivity contribution < 1.29 is 42.0 Å². The molecule has 0 saturated heterocycles. The first kappa shape index (κ1) is 23.5. The Kier molecular flexibility index (Phi) is 18.7. The largest absolute Gasteiger partial charge is 2.00 e. The van der Waals surface area contributed by atoms with Crippen LogP contribution in [0.5, 0.6) is 0 Å². The second kappa shape index (κ2) is 16.6. The molecule has 0 aromatic carbocycles. The molecule has 3 nitrogen and oxygen atoms in total. The number of carbonyl (C=O) groups excluding carboxylic acids is 2. The molecule has 0 aliphatic rings. The van der Waals surface area contributed by atoms with Crippen LogP contribution in [0.4, 0.5) is 0 Å². The molecule has 0 radical (unpaired) electrons. The normalized spacial score (nSPS) is 11.7. The number of carboxylic acid groups (broad SMARTS) is 1. The van der Waals surface area contributed by atoms with Crippen molar-refractivity contribution in [2.75, 3.05) is 0 Å². The first-order valence-electron chi connectivity index (χ1n) is 7.98. The Morgan fingerprint density at radius 1 is 0.905 bits per heavy atom. The van der Waals surface area contributed by atoms with Crippen LogP contribution < -0.4 is 5.11 Å². The summed E-state index contributed by atoms with van der Waals surface area (Å²) < 4.78 is 0. The van der Waals surface area contributed by atoms with Crippen LogP contribution in [0.15, 0.2) is 0 Å². The third-order valence-corrected chi connectivity index (χ3v) is 3.99. The summed E-state index contributed by atoms with van der Waals surface area (Å²) in [4.78, 5) is 21.6. The fourth-order valence-corrected chi connectivity index (χ4v) is 2.58. The van der Waals surface area contributed by atoms with E-state index in [0.29, 0.717) is 6.42 Å². The van der Waals surface area contributed by atoms with Crippen molar-refractivity contribution in [3.05, 3.63) is 0 Å². The topological polar surface area (TPSA) is 57.2 Å². The molecule has 0 spiro atoms. The second-order valence-corrected chi connectivity index (χ2v) is 5.97. The SMILES string of the molecule is CCCCCCCCCCCCC(CC(=O)[O-])C(=O)[S-].[Cd+2]. The van der Waals surface area contributed by atoms with Crippen LogP contribution in [0, 0.1) is 5.92 Å². The molecule has 0 saturated carbocycles. The summed E-state index contributed by atoms with van der Waals surface area (Å²) in [5.41, 5.74) is 0. The standard InChI is InChI=1S/C16H30O3S.Cd/c1-2-3-4-5-6-7-8-9-10-11-12-14(16(19)20)13-15(17)18;/h14H,2-13H2,1H3,(H,17,18)(H,19,20);/q;+2/p-2. The second-order valence-electron chi connectivity index (χ2n) is 5.56. The van der Waals surface area contributed by atoms with E-state index in [1.54, 1.807) is 0 Å². The smallest absolute Gasteiger partial charge is 0.742 e. The fourth-order valence-electron chi connectivity index (χ4n) is 2.38. The molecule has 5 heteroatoms.